The van der Waals surface area contributed by atoms with Crippen molar-refractivity contribution < 1.29 is 9.53 Å². The minimum absolute atomic E-state index is 0.0361. The molecule has 1 rings (SSSR count). The lowest BCUT2D eigenvalue weighted by Gasteiger charge is -2.27. The van der Waals surface area contributed by atoms with Crippen molar-refractivity contribution in [3.63, 3.8) is 0 Å². The SMILES string of the molecule is COC(=O)C(C)CNCC1CCCC(C)C1. The molecule has 0 bridgehead atoms. The predicted octanol–water partition coefficient (Wildman–Crippen LogP) is 2.21. The highest BCUT2D eigenvalue weighted by atomic mass is 16.5. The van der Waals surface area contributed by atoms with E-state index >= 15 is 0 Å². The Bertz CT molecular complexity index is 218. The molecule has 16 heavy (non-hydrogen) atoms. The molecule has 0 aromatic heterocycles. The second kappa shape index (κ2) is 6.89. The zero-order valence-corrected chi connectivity index (χ0v) is 10.8. The van der Waals surface area contributed by atoms with Gasteiger partial charge in [0.25, 0.3) is 0 Å². The van der Waals surface area contributed by atoms with Crippen molar-refractivity contribution in [3.05, 3.63) is 0 Å². The topological polar surface area (TPSA) is 38.3 Å². The molecule has 3 unspecified atom stereocenters. The Morgan fingerprint density at radius 1 is 1.50 bits per heavy atom. The first-order chi connectivity index (χ1) is 7.63. The molecule has 0 spiro atoms. The van der Waals surface area contributed by atoms with Gasteiger partial charge in [-0.2, -0.15) is 0 Å². The molecule has 0 aliphatic heterocycles. The lowest BCUT2D eigenvalue weighted by atomic mass is 9.82. The van der Waals surface area contributed by atoms with E-state index in [4.69, 9.17) is 4.74 Å². The van der Waals surface area contributed by atoms with E-state index < -0.39 is 0 Å². The first-order valence-corrected chi connectivity index (χ1v) is 6.42. The number of carbonyl (C=O) groups is 1. The van der Waals surface area contributed by atoms with Gasteiger partial charge in [-0.3, -0.25) is 4.79 Å². The van der Waals surface area contributed by atoms with Crippen LogP contribution in [0.2, 0.25) is 0 Å². The van der Waals surface area contributed by atoms with Gasteiger partial charge in [-0.15, -0.1) is 0 Å². The molecule has 94 valence electrons. The van der Waals surface area contributed by atoms with Crippen LogP contribution in [0.3, 0.4) is 0 Å². The van der Waals surface area contributed by atoms with E-state index in [9.17, 15) is 4.79 Å². The molecule has 3 atom stereocenters. The van der Waals surface area contributed by atoms with Crippen molar-refractivity contribution in [1.82, 2.24) is 5.32 Å². The van der Waals surface area contributed by atoms with Crippen LogP contribution in [0.4, 0.5) is 0 Å². The zero-order valence-electron chi connectivity index (χ0n) is 10.8. The summed E-state index contributed by atoms with van der Waals surface area (Å²) in [6.45, 7) is 6.02. The smallest absolute Gasteiger partial charge is 0.309 e. The Hall–Kier alpha value is -0.570. The van der Waals surface area contributed by atoms with Gasteiger partial charge in [0, 0.05) is 6.54 Å². The molecule has 0 aromatic carbocycles. The maximum absolute atomic E-state index is 11.2. The third-order valence-corrected chi connectivity index (χ3v) is 3.53. The number of ether oxygens (including phenoxy) is 1. The summed E-state index contributed by atoms with van der Waals surface area (Å²) < 4.78 is 4.69. The summed E-state index contributed by atoms with van der Waals surface area (Å²) in [7, 11) is 1.45. The average molecular weight is 227 g/mol. The summed E-state index contributed by atoms with van der Waals surface area (Å²) in [4.78, 5) is 11.2. The first kappa shape index (κ1) is 13.5. The molecule has 1 saturated carbocycles. The fourth-order valence-corrected chi connectivity index (χ4v) is 2.53. The highest BCUT2D eigenvalue weighted by Crippen LogP contribution is 2.27. The normalized spacial score (nSPS) is 27.4. The monoisotopic (exact) mass is 227 g/mol. The van der Waals surface area contributed by atoms with Crippen molar-refractivity contribution in [2.24, 2.45) is 17.8 Å². The fourth-order valence-electron chi connectivity index (χ4n) is 2.53. The van der Waals surface area contributed by atoms with Crippen molar-refractivity contribution in [2.45, 2.75) is 39.5 Å². The van der Waals surface area contributed by atoms with Gasteiger partial charge in [-0.25, -0.2) is 0 Å². The second-order valence-electron chi connectivity index (χ2n) is 5.22. The van der Waals surface area contributed by atoms with E-state index in [-0.39, 0.29) is 11.9 Å². The number of methoxy groups -OCH3 is 1. The van der Waals surface area contributed by atoms with Crippen LogP contribution in [0, 0.1) is 17.8 Å². The second-order valence-corrected chi connectivity index (χ2v) is 5.22. The highest BCUT2D eigenvalue weighted by molar-refractivity contribution is 5.71. The molecule has 1 N–H and O–H groups in total. The maximum Gasteiger partial charge on any atom is 0.309 e. The number of carbonyl (C=O) groups excluding carboxylic acids is 1. The van der Waals surface area contributed by atoms with Crippen molar-refractivity contribution in [1.29, 1.82) is 0 Å². The van der Waals surface area contributed by atoms with E-state index in [1.165, 1.54) is 32.8 Å². The standard InChI is InChI=1S/C13H25NO2/c1-10-5-4-6-12(7-10)9-14-8-11(2)13(15)16-3/h10-12,14H,4-9H2,1-3H3. The molecule has 3 heteroatoms. The summed E-state index contributed by atoms with van der Waals surface area (Å²) in [6.07, 6.45) is 5.42. The minimum atomic E-state index is -0.121. The number of esters is 1. The van der Waals surface area contributed by atoms with Crippen LogP contribution in [-0.2, 0) is 9.53 Å². The highest BCUT2D eigenvalue weighted by Gasteiger charge is 2.19. The van der Waals surface area contributed by atoms with Crippen molar-refractivity contribution in [3.8, 4) is 0 Å². The van der Waals surface area contributed by atoms with E-state index in [1.807, 2.05) is 6.92 Å². The lowest BCUT2D eigenvalue weighted by Crippen LogP contribution is -2.32. The summed E-state index contributed by atoms with van der Waals surface area (Å²) in [6, 6.07) is 0. The van der Waals surface area contributed by atoms with E-state index in [0.29, 0.717) is 0 Å². The lowest BCUT2D eigenvalue weighted by molar-refractivity contribution is -0.144. The first-order valence-electron chi connectivity index (χ1n) is 6.42. The van der Waals surface area contributed by atoms with Gasteiger partial charge < -0.3 is 10.1 Å². The number of hydrogen-bond donors (Lipinski definition) is 1. The Morgan fingerprint density at radius 3 is 2.88 bits per heavy atom. The van der Waals surface area contributed by atoms with E-state index in [2.05, 4.69) is 12.2 Å². The van der Waals surface area contributed by atoms with E-state index in [0.717, 1.165) is 24.9 Å². The van der Waals surface area contributed by atoms with Crippen LogP contribution < -0.4 is 5.32 Å². The van der Waals surface area contributed by atoms with Gasteiger partial charge in [0.1, 0.15) is 0 Å². The van der Waals surface area contributed by atoms with Crippen LogP contribution in [-0.4, -0.2) is 26.2 Å². The third kappa shape index (κ3) is 4.52. The summed E-state index contributed by atoms with van der Waals surface area (Å²) >= 11 is 0. The van der Waals surface area contributed by atoms with Crippen LogP contribution in [0.5, 0.6) is 0 Å². The maximum atomic E-state index is 11.2. The van der Waals surface area contributed by atoms with Crippen molar-refractivity contribution in [2.75, 3.05) is 20.2 Å². The van der Waals surface area contributed by atoms with Gasteiger partial charge in [0.05, 0.1) is 13.0 Å². The Labute approximate surface area is 98.9 Å². The molecule has 0 amide bonds. The summed E-state index contributed by atoms with van der Waals surface area (Å²) in [5.41, 5.74) is 0. The molecule has 0 aromatic rings. The molecule has 1 fully saturated rings. The predicted molar refractivity (Wildman–Crippen MR) is 65.2 cm³/mol. The molecule has 3 nitrogen and oxygen atoms in total. The Balaban J connectivity index is 2.12. The molecule has 1 aliphatic carbocycles. The molecular formula is C13H25NO2. The van der Waals surface area contributed by atoms with Crippen LogP contribution in [0.15, 0.2) is 0 Å². The largest absolute Gasteiger partial charge is 0.469 e. The van der Waals surface area contributed by atoms with Gasteiger partial charge in [0.2, 0.25) is 0 Å². The Morgan fingerprint density at radius 2 is 2.25 bits per heavy atom. The molecule has 0 saturated heterocycles. The molecule has 0 radical (unpaired) electrons. The van der Waals surface area contributed by atoms with Gasteiger partial charge in [0.15, 0.2) is 0 Å². The average Bonchev–Trinajstić information content (AvgIpc) is 2.28. The fraction of sp³-hybridized carbons (Fsp3) is 0.923. The van der Waals surface area contributed by atoms with E-state index in [1.54, 1.807) is 0 Å². The van der Waals surface area contributed by atoms with Gasteiger partial charge >= 0.3 is 5.97 Å². The van der Waals surface area contributed by atoms with Gasteiger partial charge in [-0.05, 0) is 31.2 Å². The summed E-state index contributed by atoms with van der Waals surface area (Å²) in [5.74, 6) is 1.52. The van der Waals surface area contributed by atoms with Crippen molar-refractivity contribution >= 4 is 5.97 Å². The number of rotatable bonds is 5. The minimum Gasteiger partial charge on any atom is -0.469 e. The Kier molecular flexibility index (Phi) is 5.81. The molecular weight excluding hydrogens is 202 g/mol. The third-order valence-electron chi connectivity index (χ3n) is 3.53. The van der Waals surface area contributed by atoms with Crippen LogP contribution in [0.1, 0.15) is 39.5 Å². The molecule has 1 aliphatic rings. The van der Waals surface area contributed by atoms with Crippen LogP contribution >= 0.6 is 0 Å². The quantitative estimate of drug-likeness (QED) is 0.732. The molecule has 0 heterocycles. The van der Waals surface area contributed by atoms with Crippen LogP contribution in [0.25, 0.3) is 0 Å². The number of nitrogens with one attached hydrogen (secondary N) is 1. The summed E-state index contributed by atoms with van der Waals surface area (Å²) in [5, 5.41) is 3.39. The number of hydrogen-bond acceptors (Lipinski definition) is 3. The van der Waals surface area contributed by atoms with Gasteiger partial charge in [-0.1, -0.05) is 26.7 Å². The zero-order chi connectivity index (χ0) is 12.0.